The Morgan fingerprint density at radius 1 is 1.21 bits per heavy atom. The van der Waals surface area contributed by atoms with E-state index in [4.69, 9.17) is 9.15 Å². The summed E-state index contributed by atoms with van der Waals surface area (Å²) in [5.41, 5.74) is -0.781. The van der Waals surface area contributed by atoms with Gasteiger partial charge in [0.15, 0.2) is 0 Å². The SMILES string of the molecule is CC(C)(C)OC(=O)N1CCC(c2cc3ccccc3c(=O)o2)CC1. The third-order valence-electron chi connectivity index (χ3n) is 4.24. The summed E-state index contributed by atoms with van der Waals surface area (Å²) in [5, 5.41) is 1.51. The molecule has 1 amide bonds. The minimum Gasteiger partial charge on any atom is -0.444 e. The van der Waals surface area contributed by atoms with Crippen LogP contribution in [0.15, 0.2) is 39.5 Å². The molecule has 128 valence electrons. The van der Waals surface area contributed by atoms with Crippen LogP contribution >= 0.6 is 0 Å². The van der Waals surface area contributed by atoms with E-state index in [0.29, 0.717) is 24.2 Å². The highest BCUT2D eigenvalue weighted by molar-refractivity contribution is 5.81. The molecule has 5 nitrogen and oxygen atoms in total. The highest BCUT2D eigenvalue weighted by Crippen LogP contribution is 2.29. The number of carbonyl (C=O) groups is 1. The number of benzene rings is 1. The monoisotopic (exact) mass is 329 g/mol. The molecule has 1 saturated heterocycles. The predicted molar refractivity (Wildman–Crippen MR) is 92.3 cm³/mol. The Morgan fingerprint density at radius 2 is 1.88 bits per heavy atom. The maximum Gasteiger partial charge on any atom is 0.410 e. The zero-order valence-corrected chi connectivity index (χ0v) is 14.4. The Labute approximate surface area is 141 Å². The minimum absolute atomic E-state index is 0.154. The largest absolute Gasteiger partial charge is 0.444 e. The van der Waals surface area contributed by atoms with Gasteiger partial charge in [0.2, 0.25) is 0 Å². The molecule has 1 fully saturated rings. The third kappa shape index (κ3) is 3.61. The number of ether oxygens (including phenoxy) is 1. The number of hydrogen-bond donors (Lipinski definition) is 0. The average molecular weight is 329 g/mol. The summed E-state index contributed by atoms with van der Waals surface area (Å²) in [7, 11) is 0. The Bertz CT molecular complexity index is 795. The summed E-state index contributed by atoms with van der Waals surface area (Å²) in [6.07, 6.45) is 1.25. The normalized spacial score (nSPS) is 16.4. The first-order valence-corrected chi connectivity index (χ1v) is 8.34. The van der Waals surface area contributed by atoms with Gasteiger partial charge in [-0.3, -0.25) is 0 Å². The smallest absolute Gasteiger partial charge is 0.410 e. The molecule has 0 spiro atoms. The van der Waals surface area contributed by atoms with Crippen LogP contribution in [0.25, 0.3) is 10.8 Å². The quantitative estimate of drug-likeness (QED) is 0.796. The minimum atomic E-state index is -0.487. The Balaban J connectivity index is 1.71. The van der Waals surface area contributed by atoms with Crippen molar-refractivity contribution in [2.75, 3.05) is 13.1 Å². The van der Waals surface area contributed by atoms with Crippen LogP contribution < -0.4 is 5.63 Å². The van der Waals surface area contributed by atoms with E-state index in [1.165, 1.54) is 0 Å². The van der Waals surface area contributed by atoms with Crippen LogP contribution in [-0.2, 0) is 4.74 Å². The van der Waals surface area contributed by atoms with Crippen molar-refractivity contribution >= 4 is 16.9 Å². The van der Waals surface area contributed by atoms with Crippen LogP contribution in [0, 0.1) is 0 Å². The lowest BCUT2D eigenvalue weighted by Gasteiger charge is -2.33. The molecule has 0 bridgehead atoms. The highest BCUT2D eigenvalue weighted by Gasteiger charge is 2.28. The van der Waals surface area contributed by atoms with Crippen LogP contribution in [0.2, 0.25) is 0 Å². The van der Waals surface area contributed by atoms with Crippen molar-refractivity contribution in [1.29, 1.82) is 0 Å². The van der Waals surface area contributed by atoms with E-state index in [1.54, 1.807) is 11.0 Å². The Morgan fingerprint density at radius 3 is 2.54 bits per heavy atom. The molecule has 0 radical (unpaired) electrons. The fraction of sp³-hybridized carbons (Fsp3) is 0.474. The zero-order chi connectivity index (χ0) is 17.3. The Kier molecular flexibility index (Phi) is 4.35. The molecule has 24 heavy (non-hydrogen) atoms. The molecule has 2 heterocycles. The molecule has 0 atom stereocenters. The fourth-order valence-electron chi connectivity index (χ4n) is 3.03. The van der Waals surface area contributed by atoms with Gasteiger partial charge in [0, 0.05) is 19.0 Å². The van der Waals surface area contributed by atoms with Crippen LogP contribution in [0.1, 0.15) is 45.3 Å². The summed E-state index contributed by atoms with van der Waals surface area (Å²) in [4.78, 5) is 26.0. The molecule has 1 aromatic carbocycles. The number of rotatable bonds is 1. The number of fused-ring (bicyclic) bond motifs is 1. The van der Waals surface area contributed by atoms with E-state index in [1.807, 2.05) is 45.0 Å². The first-order valence-electron chi connectivity index (χ1n) is 8.34. The van der Waals surface area contributed by atoms with Crippen LogP contribution in [-0.4, -0.2) is 29.7 Å². The van der Waals surface area contributed by atoms with Gasteiger partial charge in [-0.1, -0.05) is 18.2 Å². The molecule has 0 aliphatic carbocycles. The second-order valence-electron chi connectivity index (χ2n) is 7.27. The van der Waals surface area contributed by atoms with E-state index < -0.39 is 5.60 Å². The van der Waals surface area contributed by atoms with Crippen LogP contribution in [0.4, 0.5) is 4.79 Å². The molecule has 3 rings (SSSR count). The summed E-state index contributed by atoms with van der Waals surface area (Å²) in [6.45, 7) is 6.80. The van der Waals surface area contributed by atoms with Crippen molar-refractivity contribution in [3.63, 3.8) is 0 Å². The molecule has 0 saturated carbocycles. The van der Waals surface area contributed by atoms with Gasteiger partial charge in [-0.25, -0.2) is 9.59 Å². The topological polar surface area (TPSA) is 59.8 Å². The van der Waals surface area contributed by atoms with Crippen LogP contribution in [0.5, 0.6) is 0 Å². The van der Waals surface area contributed by atoms with Gasteiger partial charge < -0.3 is 14.1 Å². The molecule has 1 aromatic heterocycles. The van der Waals surface area contributed by atoms with Crippen molar-refractivity contribution in [3.8, 4) is 0 Å². The first kappa shape index (κ1) is 16.6. The van der Waals surface area contributed by atoms with Crippen molar-refractivity contribution < 1.29 is 13.9 Å². The van der Waals surface area contributed by atoms with Crippen molar-refractivity contribution in [1.82, 2.24) is 4.90 Å². The van der Waals surface area contributed by atoms with Gasteiger partial charge >= 0.3 is 11.7 Å². The van der Waals surface area contributed by atoms with Crippen LogP contribution in [0.3, 0.4) is 0 Å². The van der Waals surface area contributed by atoms with Crippen molar-refractivity contribution in [2.24, 2.45) is 0 Å². The molecule has 2 aromatic rings. The van der Waals surface area contributed by atoms with E-state index in [9.17, 15) is 9.59 Å². The molecule has 0 N–H and O–H groups in total. The maximum absolute atomic E-state index is 12.1. The van der Waals surface area contributed by atoms with Crippen molar-refractivity contribution in [3.05, 3.63) is 46.5 Å². The summed E-state index contributed by atoms with van der Waals surface area (Å²) >= 11 is 0. The van der Waals surface area contributed by atoms with E-state index in [2.05, 4.69) is 0 Å². The third-order valence-corrected chi connectivity index (χ3v) is 4.24. The summed E-state index contributed by atoms with van der Waals surface area (Å²) in [6, 6.07) is 9.39. The number of likely N-dealkylation sites (tertiary alicyclic amines) is 1. The van der Waals surface area contributed by atoms with Gasteiger partial charge in [-0.2, -0.15) is 0 Å². The van der Waals surface area contributed by atoms with E-state index in [-0.39, 0.29) is 17.6 Å². The number of hydrogen-bond acceptors (Lipinski definition) is 4. The second-order valence-corrected chi connectivity index (χ2v) is 7.27. The second kappa shape index (κ2) is 6.30. The molecule has 1 aliphatic rings. The van der Waals surface area contributed by atoms with Gasteiger partial charge in [0.05, 0.1) is 5.39 Å². The number of amides is 1. The lowest BCUT2D eigenvalue weighted by molar-refractivity contribution is 0.0200. The molecule has 5 heteroatoms. The summed E-state index contributed by atoms with van der Waals surface area (Å²) in [5.74, 6) is 0.864. The van der Waals surface area contributed by atoms with Gasteiger partial charge in [-0.05, 0) is 51.1 Å². The van der Waals surface area contributed by atoms with Gasteiger partial charge in [-0.15, -0.1) is 0 Å². The van der Waals surface area contributed by atoms with Crippen molar-refractivity contribution in [2.45, 2.75) is 45.1 Å². The average Bonchev–Trinajstić information content (AvgIpc) is 2.53. The lowest BCUT2D eigenvalue weighted by Crippen LogP contribution is -2.41. The molecule has 0 unspecified atom stereocenters. The lowest BCUT2D eigenvalue weighted by atomic mass is 9.93. The Hall–Kier alpha value is -2.30. The fourth-order valence-corrected chi connectivity index (χ4v) is 3.03. The molecular formula is C19H23NO4. The predicted octanol–water partition coefficient (Wildman–Crippen LogP) is 3.91. The van der Waals surface area contributed by atoms with E-state index >= 15 is 0 Å². The van der Waals surface area contributed by atoms with E-state index in [0.717, 1.165) is 18.2 Å². The first-order chi connectivity index (χ1) is 11.3. The maximum atomic E-state index is 12.1. The number of carbonyl (C=O) groups excluding carboxylic acids is 1. The van der Waals surface area contributed by atoms with Gasteiger partial charge in [0.1, 0.15) is 11.4 Å². The highest BCUT2D eigenvalue weighted by atomic mass is 16.6. The van der Waals surface area contributed by atoms with Gasteiger partial charge in [0.25, 0.3) is 0 Å². The summed E-state index contributed by atoms with van der Waals surface area (Å²) < 4.78 is 10.9. The molecule has 1 aliphatic heterocycles. The number of nitrogens with zero attached hydrogens (tertiary/aromatic N) is 1. The standard InChI is InChI=1S/C19H23NO4/c1-19(2,3)24-18(22)20-10-8-13(9-11-20)16-12-14-6-4-5-7-15(14)17(21)23-16/h4-7,12-13H,8-11H2,1-3H3. The number of piperidine rings is 1. The zero-order valence-electron chi connectivity index (χ0n) is 14.4. The molecular weight excluding hydrogens is 306 g/mol.